The molecule has 0 saturated carbocycles. The predicted octanol–water partition coefficient (Wildman–Crippen LogP) is 3.25. The van der Waals surface area contributed by atoms with Gasteiger partial charge in [0, 0.05) is 24.8 Å². The van der Waals surface area contributed by atoms with Crippen LogP contribution in [-0.4, -0.2) is 32.2 Å². The summed E-state index contributed by atoms with van der Waals surface area (Å²) in [7, 11) is 0. The van der Waals surface area contributed by atoms with Crippen LogP contribution in [0, 0.1) is 5.82 Å². The first-order valence-corrected chi connectivity index (χ1v) is 10.1. The zero-order valence-corrected chi connectivity index (χ0v) is 17.1. The molecule has 30 heavy (non-hydrogen) atoms. The molecule has 0 fully saturated rings. The van der Waals surface area contributed by atoms with E-state index in [9.17, 15) is 19.1 Å². The molecule has 3 aromatic rings. The summed E-state index contributed by atoms with van der Waals surface area (Å²) in [5, 5.41) is 15.6. The summed E-state index contributed by atoms with van der Waals surface area (Å²) >= 11 is 1.24. The third-order valence-corrected chi connectivity index (χ3v) is 5.13. The van der Waals surface area contributed by atoms with Crippen molar-refractivity contribution in [2.45, 2.75) is 25.2 Å². The number of thioether (sulfide) groups is 1. The van der Waals surface area contributed by atoms with Gasteiger partial charge < -0.3 is 20.3 Å². The number of carbonyl (C=O) groups is 2. The SMILES string of the molecule is CC(=O)Nc1ccc(NC(=O)CSc2ncc(CO)n2Cc2ccc(F)cc2)cc1. The van der Waals surface area contributed by atoms with Gasteiger partial charge in [-0.2, -0.15) is 0 Å². The molecule has 0 aliphatic carbocycles. The van der Waals surface area contributed by atoms with Crippen LogP contribution in [0.2, 0.25) is 0 Å². The Bertz CT molecular complexity index is 1020. The molecule has 3 rings (SSSR count). The Morgan fingerprint density at radius 3 is 2.30 bits per heavy atom. The molecule has 2 amide bonds. The molecular weight excluding hydrogens is 407 g/mol. The largest absolute Gasteiger partial charge is 0.390 e. The van der Waals surface area contributed by atoms with Crippen molar-refractivity contribution < 1.29 is 19.1 Å². The zero-order valence-electron chi connectivity index (χ0n) is 16.3. The fraction of sp³-hybridized carbons (Fsp3) is 0.190. The Kier molecular flexibility index (Phi) is 7.21. The van der Waals surface area contributed by atoms with Crippen LogP contribution >= 0.6 is 11.8 Å². The predicted molar refractivity (Wildman–Crippen MR) is 114 cm³/mol. The van der Waals surface area contributed by atoms with Crippen LogP contribution in [0.1, 0.15) is 18.2 Å². The van der Waals surface area contributed by atoms with E-state index < -0.39 is 0 Å². The maximum atomic E-state index is 13.1. The number of nitrogens with zero attached hydrogens (tertiary/aromatic N) is 2. The first kappa shape index (κ1) is 21.5. The average molecular weight is 428 g/mol. The van der Waals surface area contributed by atoms with Crippen molar-refractivity contribution in [3.05, 3.63) is 71.8 Å². The number of aromatic nitrogens is 2. The van der Waals surface area contributed by atoms with Gasteiger partial charge in [0.15, 0.2) is 5.16 Å². The Labute approximate surface area is 177 Å². The van der Waals surface area contributed by atoms with Crippen molar-refractivity contribution in [3.8, 4) is 0 Å². The van der Waals surface area contributed by atoms with Gasteiger partial charge in [-0.05, 0) is 42.0 Å². The standard InChI is InChI=1S/C21H21FN4O3S/c1-14(28)24-17-6-8-18(9-7-17)25-20(29)13-30-21-23-10-19(12-27)26(21)11-15-2-4-16(22)5-3-15/h2-10,27H,11-13H2,1H3,(H,24,28)(H,25,29). The number of imidazole rings is 1. The molecule has 0 spiro atoms. The first-order chi connectivity index (χ1) is 14.4. The van der Waals surface area contributed by atoms with Gasteiger partial charge in [-0.15, -0.1) is 0 Å². The van der Waals surface area contributed by atoms with Crippen molar-refractivity contribution in [1.29, 1.82) is 0 Å². The van der Waals surface area contributed by atoms with Gasteiger partial charge in [0.05, 0.1) is 24.3 Å². The van der Waals surface area contributed by atoms with E-state index >= 15 is 0 Å². The Morgan fingerprint density at radius 2 is 1.70 bits per heavy atom. The zero-order chi connectivity index (χ0) is 21.5. The van der Waals surface area contributed by atoms with Crippen molar-refractivity contribution in [2.24, 2.45) is 0 Å². The molecule has 9 heteroatoms. The number of carbonyl (C=O) groups excluding carboxylic acids is 2. The Hall–Kier alpha value is -3.17. The van der Waals surface area contributed by atoms with Gasteiger partial charge in [-0.1, -0.05) is 23.9 Å². The lowest BCUT2D eigenvalue weighted by Gasteiger charge is -2.11. The van der Waals surface area contributed by atoms with Crippen LogP contribution < -0.4 is 10.6 Å². The van der Waals surface area contributed by atoms with Crippen LogP contribution in [0.5, 0.6) is 0 Å². The molecule has 1 aromatic heterocycles. The second-order valence-electron chi connectivity index (χ2n) is 6.50. The third-order valence-electron chi connectivity index (χ3n) is 4.14. The maximum absolute atomic E-state index is 13.1. The van der Waals surface area contributed by atoms with Gasteiger partial charge in [0.1, 0.15) is 5.82 Å². The molecular formula is C21H21FN4O3S. The molecule has 0 unspecified atom stereocenters. The molecule has 0 aliphatic heterocycles. The quantitative estimate of drug-likeness (QED) is 0.479. The van der Waals surface area contributed by atoms with Gasteiger partial charge in [0.25, 0.3) is 0 Å². The monoisotopic (exact) mass is 428 g/mol. The molecule has 0 radical (unpaired) electrons. The number of aliphatic hydroxyl groups excluding tert-OH is 1. The molecule has 0 saturated heterocycles. The summed E-state index contributed by atoms with van der Waals surface area (Å²) in [6.45, 7) is 1.64. The summed E-state index contributed by atoms with van der Waals surface area (Å²) in [6, 6.07) is 12.9. The number of benzene rings is 2. The smallest absolute Gasteiger partial charge is 0.234 e. The Morgan fingerprint density at radius 1 is 1.07 bits per heavy atom. The number of anilines is 2. The van der Waals surface area contributed by atoms with Gasteiger partial charge >= 0.3 is 0 Å². The van der Waals surface area contributed by atoms with E-state index in [1.165, 1.54) is 30.8 Å². The molecule has 3 N–H and O–H groups in total. The molecule has 2 aromatic carbocycles. The summed E-state index contributed by atoms with van der Waals surface area (Å²) in [4.78, 5) is 27.6. The summed E-state index contributed by atoms with van der Waals surface area (Å²) in [5.74, 6) is -0.572. The highest BCUT2D eigenvalue weighted by molar-refractivity contribution is 7.99. The molecule has 0 atom stereocenters. The summed E-state index contributed by atoms with van der Waals surface area (Å²) < 4.78 is 14.9. The fourth-order valence-electron chi connectivity index (χ4n) is 2.74. The molecule has 0 bridgehead atoms. The average Bonchev–Trinajstić information content (AvgIpc) is 3.11. The normalized spacial score (nSPS) is 10.6. The number of amides is 2. The summed E-state index contributed by atoms with van der Waals surface area (Å²) in [5.41, 5.74) is 2.72. The van der Waals surface area contributed by atoms with Crippen LogP contribution in [0.15, 0.2) is 59.9 Å². The molecule has 1 heterocycles. The lowest BCUT2D eigenvalue weighted by molar-refractivity contribution is -0.114. The maximum Gasteiger partial charge on any atom is 0.234 e. The van der Waals surface area contributed by atoms with Gasteiger partial charge in [-0.25, -0.2) is 9.37 Å². The second-order valence-corrected chi connectivity index (χ2v) is 7.44. The van der Waals surface area contributed by atoms with Crippen LogP contribution in [0.3, 0.4) is 0 Å². The van der Waals surface area contributed by atoms with Gasteiger partial charge in [0.2, 0.25) is 11.8 Å². The number of hydrogen-bond acceptors (Lipinski definition) is 5. The number of nitrogens with one attached hydrogen (secondary N) is 2. The Balaban J connectivity index is 1.61. The van der Waals surface area contributed by atoms with Crippen molar-refractivity contribution in [2.75, 3.05) is 16.4 Å². The van der Waals surface area contributed by atoms with E-state index in [0.29, 0.717) is 28.8 Å². The van der Waals surface area contributed by atoms with E-state index in [4.69, 9.17) is 0 Å². The third kappa shape index (κ3) is 5.91. The van der Waals surface area contributed by atoms with Crippen LogP contribution in [0.4, 0.5) is 15.8 Å². The van der Waals surface area contributed by atoms with Crippen molar-refractivity contribution >= 4 is 35.0 Å². The lowest BCUT2D eigenvalue weighted by atomic mass is 10.2. The molecule has 156 valence electrons. The number of aliphatic hydroxyl groups is 1. The topological polar surface area (TPSA) is 96.2 Å². The molecule has 0 aliphatic rings. The molecule has 7 nitrogen and oxygen atoms in total. The van der Waals surface area contributed by atoms with E-state index in [1.807, 2.05) is 0 Å². The highest BCUT2D eigenvalue weighted by Gasteiger charge is 2.13. The lowest BCUT2D eigenvalue weighted by Crippen LogP contribution is -2.15. The van der Waals surface area contributed by atoms with Crippen molar-refractivity contribution in [3.63, 3.8) is 0 Å². The minimum absolute atomic E-state index is 0.124. The van der Waals surface area contributed by atoms with Crippen LogP contribution in [0.25, 0.3) is 0 Å². The van der Waals surface area contributed by atoms with Crippen LogP contribution in [-0.2, 0) is 22.7 Å². The van der Waals surface area contributed by atoms with E-state index in [-0.39, 0.29) is 30.0 Å². The second kappa shape index (κ2) is 10.0. The number of hydrogen-bond donors (Lipinski definition) is 3. The summed E-state index contributed by atoms with van der Waals surface area (Å²) in [6.07, 6.45) is 1.56. The van der Waals surface area contributed by atoms with E-state index in [2.05, 4.69) is 15.6 Å². The minimum Gasteiger partial charge on any atom is -0.390 e. The van der Waals surface area contributed by atoms with E-state index in [0.717, 1.165) is 5.56 Å². The fourth-order valence-corrected chi connectivity index (χ4v) is 3.54. The first-order valence-electron chi connectivity index (χ1n) is 9.14. The van der Waals surface area contributed by atoms with E-state index in [1.54, 1.807) is 47.2 Å². The van der Waals surface area contributed by atoms with Gasteiger partial charge in [-0.3, -0.25) is 9.59 Å². The van der Waals surface area contributed by atoms with Crippen molar-refractivity contribution in [1.82, 2.24) is 9.55 Å². The highest BCUT2D eigenvalue weighted by Crippen LogP contribution is 2.21. The minimum atomic E-state index is -0.317. The number of halogens is 1. The number of rotatable bonds is 8. The highest BCUT2D eigenvalue weighted by atomic mass is 32.2.